The van der Waals surface area contributed by atoms with Crippen molar-refractivity contribution in [2.75, 3.05) is 11.4 Å². The molecule has 0 atom stereocenters. The van der Waals surface area contributed by atoms with E-state index in [2.05, 4.69) is 115 Å². The van der Waals surface area contributed by atoms with Gasteiger partial charge in [0.2, 0.25) is 5.52 Å². The van der Waals surface area contributed by atoms with Crippen molar-refractivity contribution in [1.29, 1.82) is 0 Å². The number of pyridine rings is 1. The number of allylic oxidation sites excluding steroid dienone is 4. The maximum absolute atomic E-state index is 2.42. The highest BCUT2D eigenvalue weighted by atomic mass is 15.1. The lowest BCUT2D eigenvalue weighted by Gasteiger charge is -2.27. The number of para-hydroxylation sites is 2. The molecular formula is C35H45N2+. The number of fused-ring (bicyclic) bond motifs is 2. The largest absolute Gasteiger partial charge is 0.347 e. The molecule has 3 aromatic rings. The number of anilines is 1. The Morgan fingerprint density at radius 1 is 0.757 bits per heavy atom. The molecule has 0 radical (unpaired) electrons. The van der Waals surface area contributed by atoms with Crippen molar-refractivity contribution < 1.29 is 4.57 Å². The monoisotopic (exact) mass is 493 g/mol. The number of hydrogen-bond acceptors (Lipinski definition) is 1. The average Bonchev–Trinajstić information content (AvgIpc) is 2.94. The lowest BCUT2D eigenvalue weighted by Crippen LogP contribution is -2.34. The zero-order valence-corrected chi connectivity index (χ0v) is 23.0. The summed E-state index contributed by atoms with van der Waals surface area (Å²) in [5.74, 6) is 0. The topological polar surface area (TPSA) is 7.12 Å². The van der Waals surface area contributed by atoms with E-state index in [1.807, 2.05) is 0 Å². The molecule has 2 nitrogen and oxygen atoms in total. The van der Waals surface area contributed by atoms with E-state index in [0.29, 0.717) is 0 Å². The summed E-state index contributed by atoms with van der Waals surface area (Å²) in [6.07, 6.45) is 26.7. The molecule has 0 saturated carbocycles. The van der Waals surface area contributed by atoms with Crippen LogP contribution < -0.4 is 9.47 Å². The SMILES string of the molecule is CCCCCCCN1C=CC(=CC=Cc2cc[n+](CCCCCCC)c3ccccc23)c2ccccc21. The number of hydrogen-bond donors (Lipinski definition) is 0. The molecule has 0 fully saturated rings. The highest BCUT2D eigenvalue weighted by Gasteiger charge is 2.15. The zero-order valence-electron chi connectivity index (χ0n) is 23.0. The van der Waals surface area contributed by atoms with E-state index in [9.17, 15) is 0 Å². The molecule has 2 heteroatoms. The van der Waals surface area contributed by atoms with Crippen LogP contribution in [0.2, 0.25) is 0 Å². The lowest BCUT2D eigenvalue weighted by molar-refractivity contribution is -0.671. The molecule has 2 aromatic carbocycles. The van der Waals surface area contributed by atoms with Crippen molar-refractivity contribution in [3.8, 4) is 0 Å². The van der Waals surface area contributed by atoms with Crippen LogP contribution in [-0.4, -0.2) is 6.54 Å². The molecule has 1 aliphatic heterocycles. The van der Waals surface area contributed by atoms with Crippen LogP contribution in [0.3, 0.4) is 0 Å². The summed E-state index contributed by atoms with van der Waals surface area (Å²) in [4.78, 5) is 2.42. The van der Waals surface area contributed by atoms with Gasteiger partial charge in [-0.3, -0.25) is 0 Å². The fourth-order valence-electron chi connectivity index (χ4n) is 5.32. The Balaban J connectivity index is 1.47. The lowest BCUT2D eigenvalue weighted by atomic mass is 9.99. The predicted molar refractivity (Wildman–Crippen MR) is 162 cm³/mol. The van der Waals surface area contributed by atoms with Gasteiger partial charge in [-0.25, -0.2) is 0 Å². The summed E-state index contributed by atoms with van der Waals surface area (Å²) in [5, 5.41) is 1.32. The van der Waals surface area contributed by atoms with Crippen molar-refractivity contribution in [3.63, 3.8) is 0 Å². The number of nitrogens with zero attached hydrogens (tertiary/aromatic N) is 2. The molecule has 0 aliphatic carbocycles. The molecule has 4 rings (SSSR count). The summed E-state index contributed by atoms with van der Waals surface area (Å²) in [5.41, 5.74) is 6.52. The van der Waals surface area contributed by atoms with Gasteiger partial charge in [0.05, 0.1) is 5.39 Å². The first-order chi connectivity index (χ1) is 18.3. The Hall–Kier alpha value is -3.13. The van der Waals surface area contributed by atoms with E-state index in [1.165, 1.54) is 97.5 Å². The van der Waals surface area contributed by atoms with E-state index < -0.39 is 0 Å². The molecule has 2 heterocycles. The first kappa shape index (κ1) is 26.9. The van der Waals surface area contributed by atoms with Crippen LogP contribution in [0.15, 0.2) is 85.2 Å². The minimum atomic E-state index is 1.09. The van der Waals surface area contributed by atoms with E-state index in [4.69, 9.17) is 0 Å². The molecule has 37 heavy (non-hydrogen) atoms. The summed E-state index contributed by atoms with van der Waals surface area (Å²) >= 11 is 0. The van der Waals surface area contributed by atoms with Gasteiger partial charge in [0, 0.05) is 42.5 Å². The maximum atomic E-state index is 2.42. The quantitative estimate of drug-likeness (QED) is 0.160. The van der Waals surface area contributed by atoms with Crippen LogP contribution in [0.1, 0.15) is 89.2 Å². The number of aryl methyl sites for hydroxylation is 1. The second-order valence-corrected chi connectivity index (χ2v) is 10.3. The van der Waals surface area contributed by atoms with E-state index in [0.717, 1.165) is 13.1 Å². The molecule has 0 amide bonds. The third-order valence-corrected chi connectivity index (χ3v) is 7.47. The molecule has 0 saturated heterocycles. The number of benzene rings is 2. The first-order valence-electron chi connectivity index (χ1n) is 14.7. The van der Waals surface area contributed by atoms with Crippen LogP contribution in [-0.2, 0) is 6.54 Å². The van der Waals surface area contributed by atoms with Gasteiger partial charge >= 0.3 is 0 Å². The molecule has 0 N–H and O–H groups in total. The van der Waals surface area contributed by atoms with Gasteiger partial charge in [0.25, 0.3) is 0 Å². The Kier molecular flexibility index (Phi) is 10.6. The Bertz CT molecular complexity index is 1220. The van der Waals surface area contributed by atoms with Gasteiger partial charge in [-0.05, 0) is 42.2 Å². The fraction of sp³-hybridized carbons (Fsp3) is 0.400. The smallest absolute Gasteiger partial charge is 0.213 e. The van der Waals surface area contributed by atoms with Crippen LogP contribution >= 0.6 is 0 Å². The van der Waals surface area contributed by atoms with Crippen molar-refractivity contribution in [1.82, 2.24) is 0 Å². The molecule has 0 spiro atoms. The summed E-state index contributed by atoms with van der Waals surface area (Å²) in [7, 11) is 0. The summed E-state index contributed by atoms with van der Waals surface area (Å²) < 4.78 is 2.42. The van der Waals surface area contributed by atoms with Gasteiger partial charge in [-0.2, -0.15) is 4.57 Å². The number of unbranched alkanes of at least 4 members (excludes halogenated alkanes) is 8. The predicted octanol–water partition coefficient (Wildman–Crippen LogP) is 9.50. The van der Waals surface area contributed by atoms with Crippen LogP contribution in [0, 0.1) is 0 Å². The summed E-state index contributed by atoms with van der Waals surface area (Å²) in [6, 6.07) is 19.9. The second kappa shape index (κ2) is 14.6. The normalized spacial score (nSPS) is 14.2. The first-order valence-corrected chi connectivity index (χ1v) is 14.7. The molecule has 0 unspecified atom stereocenters. The second-order valence-electron chi connectivity index (χ2n) is 10.3. The van der Waals surface area contributed by atoms with Crippen molar-refractivity contribution >= 4 is 28.2 Å². The average molecular weight is 494 g/mol. The van der Waals surface area contributed by atoms with E-state index in [1.54, 1.807) is 0 Å². The molecular weight excluding hydrogens is 448 g/mol. The van der Waals surface area contributed by atoms with Crippen molar-refractivity contribution in [3.05, 3.63) is 96.3 Å². The number of aromatic nitrogens is 1. The Labute approximate surface area is 225 Å². The van der Waals surface area contributed by atoms with Crippen molar-refractivity contribution in [2.24, 2.45) is 0 Å². The minimum absolute atomic E-state index is 1.09. The van der Waals surface area contributed by atoms with Crippen LogP contribution in [0.4, 0.5) is 5.69 Å². The standard InChI is InChI=1S/C35H45N2/c1-3-5-7-9-15-26-36-28-24-30(32-20-11-13-22-34(32)36)18-17-19-31-25-29-37(27-16-10-8-6-4-2)35-23-14-12-21-33(31)35/h11-14,17-25,28-29H,3-10,15-16,26-27H2,1-2H3/q+1. The molecule has 1 aliphatic rings. The van der Waals surface area contributed by atoms with Crippen LogP contribution in [0.25, 0.3) is 22.6 Å². The summed E-state index contributed by atoms with van der Waals surface area (Å²) in [6.45, 7) is 6.74. The van der Waals surface area contributed by atoms with Gasteiger partial charge in [0.15, 0.2) is 6.20 Å². The van der Waals surface area contributed by atoms with Gasteiger partial charge < -0.3 is 4.90 Å². The number of rotatable bonds is 14. The third-order valence-electron chi connectivity index (χ3n) is 7.47. The highest BCUT2D eigenvalue weighted by Crippen LogP contribution is 2.33. The van der Waals surface area contributed by atoms with Crippen molar-refractivity contribution in [2.45, 2.75) is 84.6 Å². The van der Waals surface area contributed by atoms with Gasteiger partial charge in [0.1, 0.15) is 6.54 Å². The fourth-order valence-corrected chi connectivity index (χ4v) is 5.32. The molecule has 1 aromatic heterocycles. The third kappa shape index (κ3) is 7.44. The Morgan fingerprint density at radius 3 is 2.32 bits per heavy atom. The molecule has 0 bridgehead atoms. The Morgan fingerprint density at radius 2 is 1.49 bits per heavy atom. The molecule has 194 valence electrons. The van der Waals surface area contributed by atoms with Gasteiger partial charge in [-0.1, -0.05) is 107 Å². The highest BCUT2D eigenvalue weighted by molar-refractivity contribution is 5.89. The van der Waals surface area contributed by atoms with Gasteiger partial charge in [-0.15, -0.1) is 0 Å². The minimum Gasteiger partial charge on any atom is -0.347 e. The maximum Gasteiger partial charge on any atom is 0.213 e. The van der Waals surface area contributed by atoms with Crippen LogP contribution in [0.5, 0.6) is 0 Å². The van der Waals surface area contributed by atoms with E-state index >= 15 is 0 Å². The zero-order chi connectivity index (χ0) is 25.7. The van der Waals surface area contributed by atoms with E-state index in [-0.39, 0.29) is 0 Å².